The lowest BCUT2D eigenvalue weighted by Gasteiger charge is -2.37. The molecule has 0 amide bonds. The minimum atomic E-state index is -0.494. The molecule has 1 aliphatic rings. The second kappa shape index (κ2) is 6.13. The fourth-order valence-corrected chi connectivity index (χ4v) is 2.58. The van der Waals surface area contributed by atoms with Crippen LogP contribution in [-0.4, -0.2) is 41.9 Å². The van der Waals surface area contributed by atoms with Crippen LogP contribution in [0.4, 0.5) is 11.4 Å². The van der Waals surface area contributed by atoms with Crippen LogP contribution < -0.4 is 4.90 Å². The van der Waals surface area contributed by atoms with Crippen molar-refractivity contribution < 1.29 is 14.8 Å². The molecule has 1 aliphatic heterocycles. The number of nitro benzene ring substituents is 1. The predicted molar refractivity (Wildman–Crippen MR) is 76.8 cm³/mol. The lowest BCUT2D eigenvalue weighted by Crippen LogP contribution is -2.48. The smallest absolute Gasteiger partial charge is 0.294 e. The average Bonchev–Trinajstić information content (AvgIpc) is 2.40. The Kier molecular flexibility index (Phi) is 4.70. The molecule has 1 fully saturated rings. The highest BCUT2D eigenvalue weighted by molar-refractivity contribution is 6.42. The first-order valence-corrected chi connectivity index (χ1v) is 6.82. The van der Waals surface area contributed by atoms with Crippen molar-refractivity contribution in [2.24, 2.45) is 0 Å². The Morgan fingerprint density at radius 1 is 1.45 bits per heavy atom. The molecular weight excluding hydrogens is 307 g/mol. The Morgan fingerprint density at radius 3 is 2.70 bits per heavy atom. The van der Waals surface area contributed by atoms with E-state index in [0.29, 0.717) is 18.8 Å². The van der Waals surface area contributed by atoms with Crippen LogP contribution in [0.3, 0.4) is 0 Å². The molecule has 2 atom stereocenters. The predicted octanol–water partition coefficient (Wildman–Crippen LogP) is 2.49. The lowest BCUT2D eigenvalue weighted by atomic mass is 10.1. The van der Waals surface area contributed by atoms with Gasteiger partial charge in [0.1, 0.15) is 5.69 Å². The quantitative estimate of drug-likeness (QED) is 0.684. The molecule has 1 heterocycles. The van der Waals surface area contributed by atoms with Gasteiger partial charge in [-0.25, -0.2) is 0 Å². The molecule has 110 valence electrons. The molecule has 1 aromatic carbocycles. The molecule has 0 bridgehead atoms. The third-order valence-electron chi connectivity index (χ3n) is 3.08. The molecule has 0 aliphatic carbocycles. The number of aliphatic hydroxyl groups is 1. The number of hydrogen-bond donors (Lipinski definition) is 1. The molecule has 8 heteroatoms. The van der Waals surface area contributed by atoms with Crippen molar-refractivity contribution in [1.82, 2.24) is 0 Å². The lowest BCUT2D eigenvalue weighted by molar-refractivity contribution is -0.384. The van der Waals surface area contributed by atoms with Crippen molar-refractivity contribution in [2.75, 3.05) is 24.6 Å². The van der Waals surface area contributed by atoms with E-state index in [1.54, 1.807) is 4.90 Å². The van der Waals surface area contributed by atoms with Crippen LogP contribution in [0, 0.1) is 10.1 Å². The molecule has 2 unspecified atom stereocenters. The van der Waals surface area contributed by atoms with Crippen LogP contribution in [0.1, 0.15) is 6.92 Å². The topological polar surface area (TPSA) is 75.8 Å². The summed E-state index contributed by atoms with van der Waals surface area (Å²) in [6.07, 6.45) is -0.525. The number of rotatable bonds is 3. The Morgan fingerprint density at radius 2 is 2.10 bits per heavy atom. The summed E-state index contributed by atoms with van der Waals surface area (Å²) < 4.78 is 5.52. The van der Waals surface area contributed by atoms with E-state index in [9.17, 15) is 15.2 Å². The van der Waals surface area contributed by atoms with Crippen molar-refractivity contribution in [1.29, 1.82) is 0 Å². The second-order valence-corrected chi connectivity index (χ2v) is 5.48. The number of nitrogens with zero attached hydrogens (tertiary/aromatic N) is 2. The molecule has 2 rings (SSSR count). The minimum absolute atomic E-state index is 0.106. The van der Waals surface area contributed by atoms with Gasteiger partial charge in [-0.1, -0.05) is 23.2 Å². The van der Waals surface area contributed by atoms with E-state index >= 15 is 0 Å². The summed E-state index contributed by atoms with van der Waals surface area (Å²) in [5.74, 6) is 0. The molecule has 0 radical (unpaired) electrons. The third-order valence-corrected chi connectivity index (χ3v) is 3.81. The maximum atomic E-state index is 11.2. The first-order valence-electron chi connectivity index (χ1n) is 6.07. The van der Waals surface area contributed by atoms with Gasteiger partial charge in [0.2, 0.25) is 0 Å². The van der Waals surface area contributed by atoms with Crippen molar-refractivity contribution in [3.63, 3.8) is 0 Å². The fourth-order valence-electron chi connectivity index (χ4n) is 2.27. The zero-order valence-electron chi connectivity index (χ0n) is 10.8. The molecule has 1 aromatic rings. The molecule has 20 heavy (non-hydrogen) atoms. The van der Waals surface area contributed by atoms with E-state index < -0.39 is 4.92 Å². The van der Waals surface area contributed by atoms with Gasteiger partial charge in [0.15, 0.2) is 0 Å². The van der Waals surface area contributed by atoms with Crippen molar-refractivity contribution >= 4 is 34.6 Å². The van der Waals surface area contributed by atoms with Crippen molar-refractivity contribution in [3.05, 3.63) is 32.3 Å². The highest BCUT2D eigenvalue weighted by Crippen LogP contribution is 2.37. The van der Waals surface area contributed by atoms with Gasteiger partial charge < -0.3 is 14.7 Å². The first kappa shape index (κ1) is 15.3. The van der Waals surface area contributed by atoms with Crippen LogP contribution in [-0.2, 0) is 4.74 Å². The van der Waals surface area contributed by atoms with Gasteiger partial charge in [-0.05, 0) is 13.0 Å². The normalized spacial score (nSPS) is 22.9. The highest BCUT2D eigenvalue weighted by Gasteiger charge is 2.29. The summed E-state index contributed by atoms with van der Waals surface area (Å²) in [6, 6.07) is 2.72. The van der Waals surface area contributed by atoms with Gasteiger partial charge in [0, 0.05) is 19.2 Å². The Hall–Kier alpha value is -1.08. The van der Waals surface area contributed by atoms with Gasteiger partial charge in [0.05, 0.1) is 33.8 Å². The van der Waals surface area contributed by atoms with E-state index in [0.717, 1.165) is 0 Å². The highest BCUT2D eigenvalue weighted by atomic mass is 35.5. The van der Waals surface area contributed by atoms with E-state index in [4.69, 9.17) is 27.9 Å². The maximum Gasteiger partial charge on any atom is 0.294 e. The van der Waals surface area contributed by atoms with Gasteiger partial charge in [-0.15, -0.1) is 0 Å². The van der Waals surface area contributed by atoms with E-state index in [2.05, 4.69) is 0 Å². The van der Waals surface area contributed by atoms with E-state index in [1.807, 2.05) is 6.92 Å². The Labute approximate surface area is 126 Å². The van der Waals surface area contributed by atoms with Gasteiger partial charge in [-0.2, -0.15) is 0 Å². The number of halogens is 2. The first-order chi connectivity index (χ1) is 9.42. The van der Waals surface area contributed by atoms with Crippen LogP contribution in [0.5, 0.6) is 0 Å². The molecule has 1 N–H and O–H groups in total. The maximum absolute atomic E-state index is 11.2. The SMILES string of the molecule is CC1CN(c2cc(Cl)c(Cl)cc2[N+](=O)[O-])CC(CO)O1. The van der Waals surface area contributed by atoms with Crippen molar-refractivity contribution in [2.45, 2.75) is 19.1 Å². The summed E-state index contributed by atoms with van der Waals surface area (Å²) in [5.41, 5.74) is 0.281. The van der Waals surface area contributed by atoms with Crippen LogP contribution >= 0.6 is 23.2 Å². The van der Waals surface area contributed by atoms with Crippen LogP contribution in [0.15, 0.2) is 12.1 Å². The number of nitro groups is 1. The summed E-state index contributed by atoms with van der Waals surface area (Å²) in [4.78, 5) is 12.4. The van der Waals surface area contributed by atoms with E-state index in [1.165, 1.54) is 12.1 Å². The third kappa shape index (κ3) is 3.15. The zero-order valence-corrected chi connectivity index (χ0v) is 12.3. The Bertz CT molecular complexity index is 526. The zero-order chi connectivity index (χ0) is 14.9. The summed E-state index contributed by atoms with van der Waals surface area (Å²) in [6.45, 7) is 2.54. The van der Waals surface area contributed by atoms with Gasteiger partial charge in [0.25, 0.3) is 5.69 Å². The molecule has 6 nitrogen and oxygen atoms in total. The number of benzene rings is 1. The summed E-state index contributed by atoms with van der Waals surface area (Å²) in [7, 11) is 0. The molecule has 0 saturated carbocycles. The standard InChI is InChI=1S/C12H14Cl2N2O4/c1-7-4-15(5-8(6-17)20-7)11-2-9(13)10(14)3-12(11)16(18)19/h2-3,7-8,17H,4-6H2,1H3. The number of anilines is 1. The van der Waals surface area contributed by atoms with Gasteiger partial charge >= 0.3 is 0 Å². The fraction of sp³-hybridized carbons (Fsp3) is 0.500. The summed E-state index contributed by atoms with van der Waals surface area (Å²) in [5, 5.41) is 20.8. The largest absolute Gasteiger partial charge is 0.394 e. The molecule has 0 spiro atoms. The van der Waals surface area contributed by atoms with Crippen molar-refractivity contribution in [3.8, 4) is 0 Å². The number of hydrogen-bond acceptors (Lipinski definition) is 5. The molecule has 1 saturated heterocycles. The molecular formula is C12H14Cl2N2O4. The van der Waals surface area contributed by atoms with E-state index in [-0.39, 0.29) is 34.5 Å². The molecule has 0 aromatic heterocycles. The monoisotopic (exact) mass is 320 g/mol. The Balaban J connectivity index is 2.40. The van der Waals surface area contributed by atoms with Crippen LogP contribution in [0.25, 0.3) is 0 Å². The van der Waals surface area contributed by atoms with Crippen LogP contribution in [0.2, 0.25) is 10.0 Å². The summed E-state index contributed by atoms with van der Waals surface area (Å²) >= 11 is 11.8. The number of morpholine rings is 1. The second-order valence-electron chi connectivity index (χ2n) is 4.67. The van der Waals surface area contributed by atoms with Gasteiger partial charge in [-0.3, -0.25) is 10.1 Å². The minimum Gasteiger partial charge on any atom is -0.394 e. The number of ether oxygens (including phenoxy) is 1. The number of aliphatic hydroxyl groups excluding tert-OH is 1. The average molecular weight is 321 g/mol.